The van der Waals surface area contributed by atoms with Gasteiger partial charge in [0.05, 0.1) is 12.5 Å². The highest BCUT2D eigenvalue weighted by molar-refractivity contribution is 6.30. The van der Waals surface area contributed by atoms with Crippen LogP contribution in [-0.4, -0.2) is 23.0 Å². The van der Waals surface area contributed by atoms with E-state index in [1.165, 1.54) is 0 Å². The molecule has 2 aromatic rings. The van der Waals surface area contributed by atoms with Gasteiger partial charge in [0, 0.05) is 17.6 Å². The van der Waals surface area contributed by atoms with Crippen LogP contribution >= 0.6 is 11.6 Å². The van der Waals surface area contributed by atoms with Crippen LogP contribution in [0.4, 0.5) is 0 Å². The largest absolute Gasteiger partial charge is 0.508 e. The number of aromatic hydroxyl groups is 1. The highest BCUT2D eigenvalue weighted by Crippen LogP contribution is 2.27. The van der Waals surface area contributed by atoms with Gasteiger partial charge in [-0.2, -0.15) is 0 Å². The lowest BCUT2D eigenvalue weighted by Crippen LogP contribution is -2.31. The number of rotatable bonds is 4. The van der Waals surface area contributed by atoms with Gasteiger partial charge in [-0.1, -0.05) is 41.9 Å². The van der Waals surface area contributed by atoms with Crippen molar-refractivity contribution >= 4 is 17.5 Å². The summed E-state index contributed by atoms with van der Waals surface area (Å²) < 4.78 is 0. The number of likely N-dealkylation sites (N-methyl/N-ethyl adjacent to an activating group) is 1. The average Bonchev–Trinajstić information content (AvgIpc) is 2.48. The molecular weight excluding hydrogens is 286 g/mol. The third-order valence-corrected chi connectivity index (χ3v) is 3.88. The van der Waals surface area contributed by atoms with Crippen LogP contribution in [0.3, 0.4) is 0 Å². The number of amides is 1. The van der Waals surface area contributed by atoms with E-state index in [4.69, 9.17) is 11.6 Å². The van der Waals surface area contributed by atoms with E-state index < -0.39 is 0 Å². The molecule has 0 heterocycles. The predicted octanol–water partition coefficient (Wildman–Crippen LogP) is 3.81. The molecule has 1 amide bonds. The van der Waals surface area contributed by atoms with Crippen molar-refractivity contribution in [3.63, 3.8) is 0 Å². The van der Waals surface area contributed by atoms with E-state index in [1.807, 2.05) is 31.2 Å². The molecule has 2 aromatic carbocycles. The molecule has 3 nitrogen and oxygen atoms in total. The van der Waals surface area contributed by atoms with Crippen molar-refractivity contribution < 1.29 is 9.90 Å². The fourth-order valence-corrected chi connectivity index (χ4v) is 2.29. The maximum Gasteiger partial charge on any atom is 0.227 e. The van der Waals surface area contributed by atoms with Crippen molar-refractivity contribution in [1.29, 1.82) is 0 Å². The van der Waals surface area contributed by atoms with Crippen molar-refractivity contribution in [3.8, 4) is 5.75 Å². The second-order valence-electron chi connectivity index (χ2n) is 5.04. The van der Waals surface area contributed by atoms with E-state index in [0.29, 0.717) is 11.4 Å². The first-order valence-electron chi connectivity index (χ1n) is 6.77. The number of para-hydroxylation sites is 1. The van der Waals surface area contributed by atoms with Gasteiger partial charge in [0.25, 0.3) is 0 Å². The van der Waals surface area contributed by atoms with Crippen molar-refractivity contribution in [2.75, 3.05) is 7.05 Å². The molecule has 1 unspecified atom stereocenters. The SMILES string of the molecule is CC(c1ccccc1O)N(C)C(=O)Cc1ccc(Cl)cc1. The van der Waals surface area contributed by atoms with Crippen LogP contribution < -0.4 is 0 Å². The Balaban J connectivity index is 2.08. The smallest absolute Gasteiger partial charge is 0.227 e. The molecule has 0 spiro atoms. The highest BCUT2D eigenvalue weighted by Gasteiger charge is 2.19. The number of halogens is 1. The van der Waals surface area contributed by atoms with Gasteiger partial charge >= 0.3 is 0 Å². The lowest BCUT2D eigenvalue weighted by Gasteiger charge is -2.26. The molecule has 2 rings (SSSR count). The summed E-state index contributed by atoms with van der Waals surface area (Å²) in [6.45, 7) is 1.90. The Morgan fingerprint density at radius 1 is 1.19 bits per heavy atom. The van der Waals surface area contributed by atoms with Crippen molar-refractivity contribution in [1.82, 2.24) is 4.90 Å². The van der Waals surface area contributed by atoms with Gasteiger partial charge in [-0.3, -0.25) is 4.79 Å². The maximum absolute atomic E-state index is 12.3. The van der Waals surface area contributed by atoms with Crippen LogP contribution in [0, 0.1) is 0 Å². The molecule has 0 radical (unpaired) electrons. The third-order valence-electron chi connectivity index (χ3n) is 3.63. The van der Waals surface area contributed by atoms with Gasteiger partial charge in [0.1, 0.15) is 5.75 Å². The minimum atomic E-state index is -0.189. The molecule has 0 fully saturated rings. The standard InChI is InChI=1S/C17H18ClNO2/c1-12(15-5-3-4-6-16(15)20)19(2)17(21)11-13-7-9-14(18)10-8-13/h3-10,12,20H,11H2,1-2H3. The van der Waals surface area contributed by atoms with E-state index in [1.54, 1.807) is 36.2 Å². The molecule has 1 N–H and O–H groups in total. The molecule has 0 aliphatic rings. The van der Waals surface area contributed by atoms with Gasteiger partial charge in [0.15, 0.2) is 0 Å². The Morgan fingerprint density at radius 2 is 1.81 bits per heavy atom. The molecule has 0 saturated carbocycles. The van der Waals surface area contributed by atoms with Crippen LogP contribution in [0.15, 0.2) is 48.5 Å². The molecule has 0 bridgehead atoms. The van der Waals surface area contributed by atoms with Gasteiger partial charge in [-0.05, 0) is 30.7 Å². The fourth-order valence-electron chi connectivity index (χ4n) is 2.17. The summed E-state index contributed by atoms with van der Waals surface area (Å²) in [5.74, 6) is 0.198. The molecule has 0 aromatic heterocycles. The molecule has 0 saturated heterocycles. The van der Waals surface area contributed by atoms with Gasteiger partial charge in [-0.25, -0.2) is 0 Å². The van der Waals surface area contributed by atoms with E-state index in [2.05, 4.69) is 0 Å². The fraction of sp³-hybridized carbons (Fsp3) is 0.235. The van der Waals surface area contributed by atoms with Crippen LogP contribution in [0.5, 0.6) is 5.75 Å². The summed E-state index contributed by atoms with van der Waals surface area (Å²) in [7, 11) is 1.75. The van der Waals surface area contributed by atoms with Gasteiger partial charge in [-0.15, -0.1) is 0 Å². The Labute approximate surface area is 129 Å². The number of hydrogen-bond acceptors (Lipinski definition) is 2. The number of phenols is 1. The Bertz CT molecular complexity index is 625. The first kappa shape index (κ1) is 15.4. The van der Waals surface area contributed by atoms with E-state index in [-0.39, 0.29) is 17.7 Å². The third kappa shape index (κ3) is 3.76. The number of hydrogen-bond donors (Lipinski definition) is 1. The summed E-state index contributed by atoms with van der Waals surface area (Å²) in [6.07, 6.45) is 0.311. The lowest BCUT2D eigenvalue weighted by molar-refractivity contribution is -0.131. The summed E-state index contributed by atoms with van der Waals surface area (Å²) in [4.78, 5) is 14.0. The topological polar surface area (TPSA) is 40.5 Å². The van der Waals surface area contributed by atoms with Gasteiger partial charge < -0.3 is 10.0 Å². The zero-order valence-electron chi connectivity index (χ0n) is 12.1. The monoisotopic (exact) mass is 303 g/mol. The van der Waals surface area contributed by atoms with Crippen molar-refractivity contribution in [2.24, 2.45) is 0 Å². The molecule has 4 heteroatoms. The number of carbonyl (C=O) groups is 1. The van der Waals surface area contributed by atoms with Crippen molar-refractivity contribution in [2.45, 2.75) is 19.4 Å². The predicted molar refractivity (Wildman–Crippen MR) is 84.4 cm³/mol. The quantitative estimate of drug-likeness (QED) is 0.933. The molecule has 0 aliphatic heterocycles. The zero-order valence-corrected chi connectivity index (χ0v) is 12.8. The van der Waals surface area contributed by atoms with Crippen LogP contribution in [0.25, 0.3) is 0 Å². The number of carbonyl (C=O) groups excluding carboxylic acids is 1. The Morgan fingerprint density at radius 3 is 2.43 bits per heavy atom. The number of phenolic OH excluding ortho intramolecular Hbond substituents is 1. The Hall–Kier alpha value is -2.00. The summed E-state index contributed by atoms with van der Waals surface area (Å²) in [6, 6.07) is 14.1. The van der Waals surface area contributed by atoms with Crippen LogP contribution in [-0.2, 0) is 11.2 Å². The first-order chi connectivity index (χ1) is 9.99. The van der Waals surface area contributed by atoms with E-state index in [0.717, 1.165) is 11.1 Å². The minimum Gasteiger partial charge on any atom is -0.508 e. The normalized spacial score (nSPS) is 12.0. The van der Waals surface area contributed by atoms with E-state index >= 15 is 0 Å². The van der Waals surface area contributed by atoms with Crippen LogP contribution in [0.2, 0.25) is 5.02 Å². The van der Waals surface area contributed by atoms with Gasteiger partial charge in [0.2, 0.25) is 5.91 Å². The van der Waals surface area contributed by atoms with Crippen LogP contribution in [0.1, 0.15) is 24.1 Å². The Kier molecular flexibility index (Phi) is 4.86. The molecule has 21 heavy (non-hydrogen) atoms. The number of nitrogens with zero attached hydrogens (tertiary/aromatic N) is 1. The number of benzene rings is 2. The molecule has 0 aliphatic carbocycles. The summed E-state index contributed by atoms with van der Waals surface area (Å²) in [5.41, 5.74) is 1.66. The highest BCUT2D eigenvalue weighted by atomic mass is 35.5. The molecule has 1 atom stereocenters. The van der Waals surface area contributed by atoms with E-state index in [9.17, 15) is 9.90 Å². The maximum atomic E-state index is 12.3. The molecular formula is C17H18ClNO2. The average molecular weight is 304 g/mol. The summed E-state index contributed by atoms with van der Waals surface area (Å²) >= 11 is 5.84. The first-order valence-corrected chi connectivity index (χ1v) is 7.15. The second kappa shape index (κ2) is 6.64. The minimum absolute atomic E-state index is 0.00641. The summed E-state index contributed by atoms with van der Waals surface area (Å²) in [5, 5.41) is 10.5. The lowest BCUT2D eigenvalue weighted by atomic mass is 10.0. The molecule has 110 valence electrons. The van der Waals surface area contributed by atoms with Crippen molar-refractivity contribution in [3.05, 3.63) is 64.7 Å². The zero-order chi connectivity index (χ0) is 15.4. The second-order valence-corrected chi connectivity index (χ2v) is 5.48.